The number of aromatic carboxylic acids is 2. The lowest BCUT2D eigenvalue weighted by molar-refractivity contribution is -0.832. The summed E-state index contributed by atoms with van der Waals surface area (Å²) in [5, 5.41) is 25.9. The minimum atomic E-state index is -1.40. The van der Waals surface area contributed by atoms with Gasteiger partial charge in [-0.2, -0.15) is 0 Å². The summed E-state index contributed by atoms with van der Waals surface area (Å²) in [6.07, 6.45) is 0. The van der Waals surface area contributed by atoms with E-state index in [-0.39, 0.29) is 0 Å². The molecule has 0 saturated carbocycles. The molecule has 9 heteroatoms. The van der Waals surface area contributed by atoms with Crippen LogP contribution in [0.1, 0.15) is 20.7 Å². The first kappa shape index (κ1) is 12.2. The molecule has 0 fully saturated rings. The second kappa shape index (κ2) is 4.79. The van der Waals surface area contributed by atoms with Gasteiger partial charge in [0.1, 0.15) is 0 Å². The molecule has 9 nitrogen and oxygen atoms in total. The van der Waals surface area contributed by atoms with Crippen molar-refractivity contribution in [1.29, 1.82) is 0 Å². The standard InChI is InChI=1S/C8H5NO8/c10-7(11)4-1-5(8(12)13)3-6(2-4)16-17-9(14)15/h1-3H,(H,10,11)(H,12,13). The van der Waals surface area contributed by atoms with Crippen LogP contribution in [-0.4, -0.2) is 27.2 Å². The average Bonchev–Trinajstić information content (AvgIpc) is 2.25. The van der Waals surface area contributed by atoms with Gasteiger partial charge in [-0.25, -0.2) is 9.59 Å². The molecule has 0 aliphatic heterocycles. The van der Waals surface area contributed by atoms with Gasteiger partial charge in [0, 0.05) is 0 Å². The second-order valence-electron chi connectivity index (χ2n) is 2.74. The van der Waals surface area contributed by atoms with E-state index in [2.05, 4.69) is 9.88 Å². The number of hydrogen-bond donors (Lipinski definition) is 2. The predicted molar refractivity (Wildman–Crippen MR) is 49.1 cm³/mol. The molecule has 0 unspecified atom stereocenters. The SMILES string of the molecule is O=C(O)c1cc(OO[N+](=O)[O-])cc(C(=O)O)c1. The van der Waals surface area contributed by atoms with Crippen LogP contribution in [0, 0.1) is 10.1 Å². The second-order valence-corrected chi connectivity index (χ2v) is 2.74. The Morgan fingerprint density at radius 2 is 1.59 bits per heavy atom. The van der Waals surface area contributed by atoms with Crippen molar-refractivity contribution in [2.75, 3.05) is 0 Å². The predicted octanol–water partition coefficient (Wildman–Crippen LogP) is 0.585. The number of hydrogen-bond acceptors (Lipinski definition) is 6. The van der Waals surface area contributed by atoms with E-state index in [9.17, 15) is 19.7 Å². The fourth-order valence-corrected chi connectivity index (χ4v) is 0.968. The molecule has 0 bridgehead atoms. The minimum Gasteiger partial charge on any atom is -0.478 e. The number of rotatable bonds is 5. The maximum Gasteiger partial charge on any atom is 0.335 e. The van der Waals surface area contributed by atoms with Gasteiger partial charge in [0.25, 0.3) is 0 Å². The molecule has 0 radical (unpaired) electrons. The van der Waals surface area contributed by atoms with E-state index in [1.807, 2.05) is 0 Å². The third-order valence-corrected chi connectivity index (χ3v) is 1.59. The molecule has 1 aromatic rings. The van der Waals surface area contributed by atoms with Crippen LogP contribution in [-0.2, 0) is 4.99 Å². The molecule has 1 aromatic carbocycles. The average molecular weight is 243 g/mol. The quantitative estimate of drug-likeness (QED) is 0.435. The van der Waals surface area contributed by atoms with Gasteiger partial charge < -0.3 is 15.1 Å². The molecule has 0 aliphatic rings. The minimum absolute atomic E-state index is 0.396. The zero-order valence-electron chi connectivity index (χ0n) is 8.02. The van der Waals surface area contributed by atoms with Gasteiger partial charge >= 0.3 is 17.0 Å². The summed E-state index contributed by atoms with van der Waals surface area (Å²) in [4.78, 5) is 38.8. The molecule has 1 rings (SSSR count). The zero-order chi connectivity index (χ0) is 13.0. The summed E-state index contributed by atoms with van der Waals surface area (Å²) < 4.78 is 0. The maximum absolute atomic E-state index is 10.6. The van der Waals surface area contributed by atoms with E-state index in [4.69, 9.17) is 10.2 Å². The van der Waals surface area contributed by atoms with Crippen LogP contribution in [0.4, 0.5) is 0 Å². The molecule has 0 aliphatic carbocycles. The van der Waals surface area contributed by atoms with Crippen molar-refractivity contribution in [3.05, 3.63) is 39.4 Å². The van der Waals surface area contributed by atoms with Gasteiger partial charge in [-0.3, -0.25) is 0 Å². The largest absolute Gasteiger partial charge is 0.478 e. The first-order valence-electron chi connectivity index (χ1n) is 4.01. The molecule has 0 saturated heterocycles. The topological polar surface area (TPSA) is 136 Å². The fraction of sp³-hybridized carbons (Fsp3) is 0. The lowest BCUT2D eigenvalue weighted by atomic mass is 10.1. The number of carbonyl (C=O) groups is 2. The van der Waals surface area contributed by atoms with Crippen molar-refractivity contribution in [2.24, 2.45) is 0 Å². The third-order valence-electron chi connectivity index (χ3n) is 1.59. The highest BCUT2D eigenvalue weighted by Gasteiger charge is 2.13. The summed E-state index contributed by atoms with van der Waals surface area (Å²) in [6, 6.07) is 2.65. The van der Waals surface area contributed by atoms with Crippen molar-refractivity contribution < 1.29 is 34.8 Å². The van der Waals surface area contributed by atoms with Crippen LogP contribution >= 0.6 is 0 Å². The molecule has 90 valence electrons. The monoisotopic (exact) mass is 243 g/mol. The highest BCUT2D eigenvalue weighted by molar-refractivity contribution is 5.94. The van der Waals surface area contributed by atoms with Crippen LogP contribution in [0.3, 0.4) is 0 Å². The molecule has 2 N–H and O–H groups in total. The Hall–Kier alpha value is -2.84. The van der Waals surface area contributed by atoms with E-state index >= 15 is 0 Å². The van der Waals surface area contributed by atoms with Gasteiger partial charge in [0.05, 0.1) is 11.1 Å². The summed E-state index contributed by atoms with van der Waals surface area (Å²) >= 11 is 0. The van der Waals surface area contributed by atoms with E-state index in [1.54, 1.807) is 0 Å². The summed E-state index contributed by atoms with van der Waals surface area (Å²) in [7, 11) is 0. The molecular weight excluding hydrogens is 238 g/mol. The number of benzene rings is 1. The van der Waals surface area contributed by atoms with Crippen LogP contribution in [0.15, 0.2) is 18.2 Å². The highest BCUT2D eigenvalue weighted by Crippen LogP contribution is 2.18. The van der Waals surface area contributed by atoms with Crippen molar-refractivity contribution in [3.63, 3.8) is 0 Å². The summed E-state index contributed by atoms with van der Waals surface area (Å²) in [6.45, 7) is 0. The molecule has 0 spiro atoms. The molecule has 0 amide bonds. The fourth-order valence-electron chi connectivity index (χ4n) is 0.968. The molecule has 0 aromatic heterocycles. The molecular formula is C8H5NO8. The summed E-state index contributed by atoms with van der Waals surface area (Å²) in [5.74, 6) is -3.21. The smallest absolute Gasteiger partial charge is 0.335 e. The summed E-state index contributed by atoms with van der Waals surface area (Å²) in [5.41, 5.74) is -0.793. The van der Waals surface area contributed by atoms with E-state index in [1.165, 1.54) is 0 Å². The van der Waals surface area contributed by atoms with Gasteiger partial charge in [-0.15, -0.1) is 10.1 Å². The Morgan fingerprint density at radius 3 is 1.94 bits per heavy atom. The molecule has 0 heterocycles. The Balaban J connectivity index is 3.08. The first-order valence-corrected chi connectivity index (χ1v) is 4.01. The number of carboxylic acid groups (broad SMARTS) is 2. The zero-order valence-corrected chi connectivity index (χ0v) is 8.02. The number of nitrogens with zero attached hydrogens (tertiary/aromatic N) is 1. The van der Waals surface area contributed by atoms with Crippen molar-refractivity contribution in [2.45, 2.75) is 0 Å². The van der Waals surface area contributed by atoms with Crippen molar-refractivity contribution in [3.8, 4) is 5.75 Å². The van der Waals surface area contributed by atoms with Crippen molar-refractivity contribution >= 4 is 11.9 Å². The Kier molecular flexibility index (Phi) is 3.44. The van der Waals surface area contributed by atoms with Crippen LogP contribution < -0.4 is 4.89 Å². The van der Waals surface area contributed by atoms with E-state index in [0.717, 1.165) is 18.2 Å². The van der Waals surface area contributed by atoms with Gasteiger partial charge in [-0.1, -0.05) is 4.99 Å². The van der Waals surface area contributed by atoms with E-state index in [0.29, 0.717) is 0 Å². The molecule has 17 heavy (non-hydrogen) atoms. The Labute approximate surface area is 92.8 Å². The van der Waals surface area contributed by atoms with Crippen LogP contribution in [0.25, 0.3) is 0 Å². The van der Waals surface area contributed by atoms with Crippen molar-refractivity contribution in [1.82, 2.24) is 0 Å². The van der Waals surface area contributed by atoms with E-state index < -0.39 is 33.9 Å². The maximum atomic E-state index is 10.6. The highest BCUT2D eigenvalue weighted by atomic mass is 17.3. The molecule has 0 atom stereocenters. The lowest BCUT2D eigenvalue weighted by Gasteiger charge is -2.03. The first-order chi connectivity index (χ1) is 7.90. The van der Waals surface area contributed by atoms with Crippen LogP contribution in [0.5, 0.6) is 5.75 Å². The van der Waals surface area contributed by atoms with Gasteiger partial charge in [-0.05, 0) is 18.2 Å². The Bertz CT molecular complexity index is 450. The normalized spacial score (nSPS) is 9.41. The van der Waals surface area contributed by atoms with Gasteiger partial charge in [0.2, 0.25) is 0 Å². The lowest BCUT2D eigenvalue weighted by Crippen LogP contribution is -2.07. The number of carboxylic acids is 2. The Morgan fingerprint density at radius 1 is 1.12 bits per heavy atom. The third kappa shape index (κ3) is 3.34. The van der Waals surface area contributed by atoms with Crippen LogP contribution in [0.2, 0.25) is 0 Å². The van der Waals surface area contributed by atoms with Gasteiger partial charge in [0.15, 0.2) is 5.75 Å².